The van der Waals surface area contributed by atoms with Crippen molar-refractivity contribution in [2.75, 3.05) is 0 Å². The third-order valence-corrected chi connectivity index (χ3v) is 4.66. The van der Waals surface area contributed by atoms with Gasteiger partial charge in [0, 0.05) is 5.56 Å². The zero-order chi connectivity index (χ0) is 16.6. The Morgan fingerprint density at radius 3 is 2.22 bits per heavy atom. The van der Waals surface area contributed by atoms with Crippen molar-refractivity contribution in [3.63, 3.8) is 0 Å². The third-order valence-electron chi connectivity index (χ3n) is 4.66. The van der Waals surface area contributed by atoms with Crippen LogP contribution in [0.1, 0.15) is 22.3 Å². The van der Waals surface area contributed by atoms with Gasteiger partial charge in [-0.1, -0.05) is 29.8 Å². The maximum absolute atomic E-state index is 12.3. The summed E-state index contributed by atoms with van der Waals surface area (Å²) in [5, 5.41) is 9.33. The van der Waals surface area contributed by atoms with Crippen LogP contribution in [0.5, 0.6) is 0 Å². The van der Waals surface area contributed by atoms with Crippen molar-refractivity contribution in [1.82, 2.24) is 10.9 Å². The topological polar surface area (TPSA) is 95.5 Å². The number of carbonyl (C=O) groups is 3. The fraction of sp³-hybridized carbons (Fsp3) is 0.353. The largest absolute Gasteiger partial charge is 0.481 e. The molecule has 2 aliphatic carbocycles. The van der Waals surface area contributed by atoms with Crippen LogP contribution in [-0.2, 0) is 9.59 Å². The van der Waals surface area contributed by atoms with Crippen LogP contribution >= 0.6 is 0 Å². The Bertz CT molecular complexity index is 680. The van der Waals surface area contributed by atoms with Crippen molar-refractivity contribution < 1.29 is 19.5 Å². The van der Waals surface area contributed by atoms with Gasteiger partial charge in [-0.25, -0.2) is 0 Å². The Morgan fingerprint density at radius 1 is 1.00 bits per heavy atom. The van der Waals surface area contributed by atoms with E-state index in [4.69, 9.17) is 0 Å². The zero-order valence-electron chi connectivity index (χ0n) is 12.7. The second-order valence-corrected chi connectivity index (χ2v) is 6.15. The summed E-state index contributed by atoms with van der Waals surface area (Å²) in [4.78, 5) is 35.7. The van der Waals surface area contributed by atoms with Crippen molar-refractivity contribution in [3.8, 4) is 0 Å². The van der Waals surface area contributed by atoms with E-state index in [2.05, 4.69) is 10.9 Å². The summed E-state index contributed by atoms with van der Waals surface area (Å²) in [5.41, 5.74) is 6.19. The van der Waals surface area contributed by atoms with E-state index < -0.39 is 29.6 Å². The molecule has 0 saturated heterocycles. The summed E-state index contributed by atoms with van der Waals surface area (Å²) in [5.74, 6) is -3.37. The Balaban J connectivity index is 1.63. The minimum atomic E-state index is -0.966. The number of hydrazine groups is 1. The van der Waals surface area contributed by atoms with Crippen LogP contribution in [0.25, 0.3) is 0 Å². The molecule has 0 unspecified atom stereocenters. The van der Waals surface area contributed by atoms with Gasteiger partial charge in [0.15, 0.2) is 0 Å². The average Bonchev–Trinajstić information content (AvgIpc) is 3.13. The summed E-state index contributed by atoms with van der Waals surface area (Å²) in [6.45, 7) is 1.91. The van der Waals surface area contributed by atoms with Gasteiger partial charge >= 0.3 is 5.97 Å². The Hall–Kier alpha value is -2.63. The number of fused-ring (bicyclic) bond motifs is 2. The summed E-state index contributed by atoms with van der Waals surface area (Å²) in [6, 6.07) is 6.93. The van der Waals surface area contributed by atoms with E-state index in [0.717, 1.165) is 5.56 Å². The molecule has 120 valence electrons. The predicted octanol–water partition coefficient (Wildman–Crippen LogP) is 1.28. The highest BCUT2D eigenvalue weighted by molar-refractivity contribution is 5.96. The van der Waals surface area contributed by atoms with Crippen LogP contribution < -0.4 is 10.9 Å². The number of allylic oxidation sites excluding steroid dienone is 2. The number of aliphatic carboxylic acids is 1. The highest BCUT2D eigenvalue weighted by Gasteiger charge is 2.51. The lowest BCUT2D eigenvalue weighted by atomic mass is 9.82. The highest BCUT2D eigenvalue weighted by Crippen LogP contribution is 2.48. The number of carbonyl (C=O) groups excluding carboxylic acids is 2. The van der Waals surface area contributed by atoms with Crippen LogP contribution in [0, 0.1) is 30.6 Å². The van der Waals surface area contributed by atoms with Crippen LogP contribution in [0.3, 0.4) is 0 Å². The molecule has 0 radical (unpaired) electrons. The van der Waals surface area contributed by atoms with Crippen LogP contribution in [-0.4, -0.2) is 22.9 Å². The molecule has 0 aromatic heterocycles. The predicted molar refractivity (Wildman–Crippen MR) is 82.1 cm³/mol. The second kappa shape index (κ2) is 5.87. The molecule has 6 nitrogen and oxygen atoms in total. The van der Waals surface area contributed by atoms with E-state index in [9.17, 15) is 19.5 Å². The molecule has 2 aliphatic rings. The first kappa shape index (κ1) is 15.3. The number of benzene rings is 1. The van der Waals surface area contributed by atoms with Crippen molar-refractivity contribution in [1.29, 1.82) is 0 Å². The van der Waals surface area contributed by atoms with Gasteiger partial charge in [0.1, 0.15) is 0 Å². The number of hydrogen-bond acceptors (Lipinski definition) is 3. The average molecular weight is 314 g/mol. The fourth-order valence-corrected chi connectivity index (χ4v) is 3.50. The molecule has 6 heteroatoms. The van der Waals surface area contributed by atoms with Crippen molar-refractivity contribution in [3.05, 3.63) is 47.5 Å². The van der Waals surface area contributed by atoms with Crippen molar-refractivity contribution >= 4 is 17.8 Å². The first-order valence-electron chi connectivity index (χ1n) is 7.55. The zero-order valence-corrected chi connectivity index (χ0v) is 12.7. The molecule has 2 amide bonds. The fourth-order valence-electron chi connectivity index (χ4n) is 3.50. The van der Waals surface area contributed by atoms with Gasteiger partial charge in [-0.05, 0) is 37.3 Å². The molecule has 4 atom stereocenters. The molecule has 23 heavy (non-hydrogen) atoms. The first-order valence-corrected chi connectivity index (χ1v) is 7.55. The lowest BCUT2D eigenvalue weighted by molar-refractivity contribution is -0.148. The highest BCUT2D eigenvalue weighted by atomic mass is 16.4. The van der Waals surface area contributed by atoms with E-state index >= 15 is 0 Å². The van der Waals surface area contributed by atoms with Crippen LogP contribution in [0.2, 0.25) is 0 Å². The SMILES string of the molecule is Cc1ccc(C(=O)NNC(=O)[C@H]2[C@H](C(=O)O)[C@H]3C=C[C@H]2C3)cc1. The van der Waals surface area contributed by atoms with Crippen molar-refractivity contribution in [2.45, 2.75) is 13.3 Å². The van der Waals surface area contributed by atoms with E-state index in [0.29, 0.717) is 12.0 Å². The van der Waals surface area contributed by atoms with Gasteiger partial charge in [0.05, 0.1) is 11.8 Å². The number of rotatable bonds is 3. The number of carboxylic acid groups (broad SMARTS) is 1. The molecule has 1 aromatic carbocycles. The minimum absolute atomic E-state index is 0.0719. The summed E-state index contributed by atoms with van der Waals surface area (Å²) in [6.07, 6.45) is 4.45. The lowest BCUT2D eigenvalue weighted by Gasteiger charge is -2.23. The Morgan fingerprint density at radius 2 is 1.61 bits per heavy atom. The molecular weight excluding hydrogens is 296 g/mol. The molecule has 1 aromatic rings. The second-order valence-electron chi connectivity index (χ2n) is 6.15. The van der Waals surface area contributed by atoms with Crippen molar-refractivity contribution in [2.24, 2.45) is 23.7 Å². The molecule has 3 rings (SSSR count). The maximum Gasteiger partial charge on any atom is 0.307 e. The van der Waals surface area contributed by atoms with E-state index in [1.54, 1.807) is 24.3 Å². The molecule has 0 heterocycles. The normalized spacial score (nSPS) is 27.7. The number of nitrogens with one attached hydrogen (secondary N) is 2. The molecule has 0 aliphatic heterocycles. The Labute approximate surface area is 133 Å². The lowest BCUT2D eigenvalue weighted by Crippen LogP contribution is -2.48. The summed E-state index contributed by atoms with van der Waals surface area (Å²) >= 11 is 0. The number of carboxylic acids is 1. The number of aryl methyl sites for hydroxylation is 1. The van der Waals surface area contributed by atoms with E-state index in [1.807, 2.05) is 19.1 Å². The molecule has 1 fully saturated rings. The van der Waals surface area contributed by atoms with Gasteiger partial charge < -0.3 is 5.11 Å². The van der Waals surface area contributed by atoms with Gasteiger partial charge in [0.2, 0.25) is 5.91 Å². The molecular formula is C17H18N2O4. The van der Waals surface area contributed by atoms with Gasteiger partial charge in [-0.3, -0.25) is 25.2 Å². The van der Waals surface area contributed by atoms with Crippen LogP contribution in [0.4, 0.5) is 0 Å². The monoisotopic (exact) mass is 314 g/mol. The first-order chi connectivity index (χ1) is 11.0. The third kappa shape index (κ3) is 2.84. The van der Waals surface area contributed by atoms with E-state index in [1.165, 1.54) is 0 Å². The summed E-state index contributed by atoms with van der Waals surface area (Å²) in [7, 11) is 0. The standard InChI is InChI=1S/C17H18N2O4/c1-9-2-4-10(5-3-9)15(20)18-19-16(21)13-11-6-7-12(8-11)14(13)17(22)23/h2-7,11-14H,8H2,1H3,(H,18,20)(H,19,21)(H,22,23)/t11-,12-,13+,14+/m0/s1. The summed E-state index contributed by atoms with van der Waals surface area (Å²) < 4.78 is 0. The molecule has 1 saturated carbocycles. The van der Waals surface area contributed by atoms with Gasteiger partial charge in [-0.2, -0.15) is 0 Å². The molecule has 2 bridgehead atoms. The van der Waals surface area contributed by atoms with Gasteiger partial charge in [0.25, 0.3) is 5.91 Å². The minimum Gasteiger partial charge on any atom is -0.481 e. The Kier molecular flexibility index (Phi) is 3.90. The smallest absolute Gasteiger partial charge is 0.307 e. The quantitative estimate of drug-likeness (QED) is 0.578. The maximum atomic E-state index is 12.3. The van der Waals surface area contributed by atoms with Crippen LogP contribution in [0.15, 0.2) is 36.4 Å². The number of amides is 2. The molecule has 0 spiro atoms. The molecule has 3 N–H and O–H groups in total. The number of hydrogen-bond donors (Lipinski definition) is 3. The van der Waals surface area contributed by atoms with E-state index in [-0.39, 0.29) is 11.8 Å². The van der Waals surface area contributed by atoms with Gasteiger partial charge in [-0.15, -0.1) is 0 Å².